The Hall–Kier alpha value is -3.39. The molecule has 0 aliphatic heterocycles. The van der Waals surface area contributed by atoms with Crippen LogP contribution in [0.15, 0.2) is 72.7 Å². The van der Waals surface area contributed by atoms with Gasteiger partial charge >= 0.3 is 0 Å². The molecule has 0 aliphatic carbocycles. The summed E-state index contributed by atoms with van der Waals surface area (Å²) in [5.74, 6) is 0.372. The Kier molecular flexibility index (Phi) is 6.41. The largest absolute Gasteiger partial charge is 0.338 e. The molecule has 2 aromatic carbocycles. The molecule has 0 saturated heterocycles. The van der Waals surface area contributed by atoms with E-state index in [4.69, 9.17) is 0 Å². The molecular formula is C24H26N6OS. The molecule has 2 aromatic heterocycles. The maximum absolute atomic E-state index is 12.9. The molecule has 4 aromatic rings. The number of aryl methyl sites for hydroxylation is 2. The number of hydrogen-bond donors (Lipinski definition) is 0. The Morgan fingerprint density at radius 3 is 2.53 bits per heavy atom. The molecule has 4 rings (SSSR count). The second kappa shape index (κ2) is 9.40. The number of aromatic nitrogens is 5. The summed E-state index contributed by atoms with van der Waals surface area (Å²) in [6.07, 6.45) is 6.87. The van der Waals surface area contributed by atoms with Crippen LogP contribution in [0.3, 0.4) is 0 Å². The van der Waals surface area contributed by atoms with Gasteiger partial charge in [0, 0.05) is 25.1 Å². The average Bonchev–Trinajstić information content (AvgIpc) is 3.51. The van der Waals surface area contributed by atoms with E-state index < -0.39 is 0 Å². The number of benzene rings is 2. The molecule has 1 atom stereocenters. The summed E-state index contributed by atoms with van der Waals surface area (Å²) >= 11 is 1.45. The van der Waals surface area contributed by atoms with Crippen molar-refractivity contribution >= 4 is 17.7 Å². The number of rotatable bonds is 7. The van der Waals surface area contributed by atoms with Crippen molar-refractivity contribution in [3.8, 4) is 11.4 Å². The zero-order chi connectivity index (χ0) is 22.7. The summed E-state index contributed by atoms with van der Waals surface area (Å²) in [4.78, 5) is 23.1. The van der Waals surface area contributed by atoms with Gasteiger partial charge in [-0.25, -0.2) is 14.6 Å². The minimum atomic E-state index is -0.0487. The lowest BCUT2D eigenvalue weighted by atomic mass is 10.1. The number of thioether (sulfide) groups is 1. The van der Waals surface area contributed by atoms with Gasteiger partial charge < -0.3 is 4.90 Å². The molecule has 1 unspecified atom stereocenters. The van der Waals surface area contributed by atoms with Crippen molar-refractivity contribution in [3.63, 3.8) is 0 Å². The van der Waals surface area contributed by atoms with Gasteiger partial charge in [0.2, 0.25) is 5.91 Å². The quantitative estimate of drug-likeness (QED) is 0.394. The number of hydrogen-bond acceptors (Lipinski definition) is 5. The third-order valence-corrected chi connectivity index (χ3v) is 6.68. The molecule has 1 amide bonds. The van der Waals surface area contributed by atoms with Gasteiger partial charge in [-0.05, 0) is 61.7 Å². The maximum Gasteiger partial charge on any atom is 0.233 e. The van der Waals surface area contributed by atoms with Crippen molar-refractivity contribution in [3.05, 3.63) is 84.2 Å². The number of nitrogens with zero attached hydrogens (tertiary/aromatic N) is 6. The fraction of sp³-hybridized carbons (Fsp3) is 0.250. The van der Waals surface area contributed by atoms with Gasteiger partial charge in [-0.3, -0.25) is 9.36 Å². The summed E-state index contributed by atoms with van der Waals surface area (Å²) in [5.41, 5.74) is 5.53. The van der Waals surface area contributed by atoms with E-state index in [2.05, 4.69) is 47.1 Å². The lowest BCUT2D eigenvalue weighted by Crippen LogP contribution is -2.31. The lowest BCUT2D eigenvalue weighted by molar-refractivity contribution is -0.128. The molecule has 0 N–H and O–H groups in total. The molecule has 164 valence electrons. The molecule has 0 fully saturated rings. The van der Waals surface area contributed by atoms with Crippen LogP contribution in [-0.4, -0.2) is 47.9 Å². The second-order valence-corrected chi connectivity index (χ2v) is 8.69. The van der Waals surface area contributed by atoms with Gasteiger partial charge in [0.1, 0.15) is 12.7 Å². The van der Waals surface area contributed by atoms with E-state index in [1.807, 2.05) is 49.0 Å². The SMILES string of the molecule is Cc1ccc(-n2ccnc2SCC(=O)N(C)C(C)c2ccc(-n3cncn3)cc2)cc1C. The topological polar surface area (TPSA) is 68.8 Å². The van der Waals surface area contributed by atoms with Gasteiger partial charge in [0.05, 0.1) is 17.5 Å². The van der Waals surface area contributed by atoms with E-state index in [9.17, 15) is 4.79 Å². The average molecular weight is 447 g/mol. The summed E-state index contributed by atoms with van der Waals surface area (Å²) in [5, 5.41) is 4.95. The summed E-state index contributed by atoms with van der Waals surface area (Å²) in [6, 6.07) is 14.3. The molecule has 0 bridgehead atoms. The van der Waals surface area contributed by atoms with Crippen molar-refractivity contribution in [1.82, 2.24) is 29.2 Å². The second-order valence-electron chi connectivity index (χ2n) is 7.75. The van der Waals surface area contributed by atoms with E-state index in [0.717, 1.165) is 22.1 Å². The predicted molar refractivity (Wildman–Crippen MR) is 126 cm³/mol. The highest BCUT2D eigenvalue weighted by molar-refractivity contribution is 7.99. The zero-order valence-electron chi connectivity index (χ0n) is 18.6. The normalized spacial score (nSPS) is 12.0. The fourth-order valence-electron chi connectivity index (χ4n) is 3.38. The third-order valence-electron chi connectivity index (χ3n) is 5.73. The van der Waals surface area contributed by atoms with Gasteiger partial charge in [-0.1, -0.05) is 30.0 Å². The van der Waals surface area contributed by atoms with Crippen LogP contribution in [0.25, 0.3) is 11.4 Å². The molecule has 0 radical (unpaired) electrons. The van der Waals surface area contributed by atoms with Crippen LogP contribution in [0, 0.1) is 13.8 Å². The smallest absolute Gasteiger partial charge is 0.233 e. The first kappa shape index (κ1) is 21.8. The van der Waals surface area contributed by atoms with Crippen LogP contribution in [-0.2, 0) is 4.79 Å². The minimum Gasteiger partial charge on any atom is -0.338 e. The van der Waals surface area contributed by atoms with Gasteiger partial charge in [-0.2, -0.15) is 5.10 Å². The van der Waals surface area contributed by atoms with Crippen LogP contribution >= 0.6 is 11.8 Å². The van der Waals surface area contributed by atoms with Crippen molar-refractivity contribution < 1.29 is 4.79 Å². The highest BCUT2D eigenvalue weighted by Gasteiger charge is 2.19. The first-order valence-corrected chi connectivity index (χ1v) is 11.4. The van der Waals surface area contributed by atoms with Gasteiger partial charge in [-0.15, -0.1) is 0 Å². The standard InChI is InChI=1S/C24H26N6OS/c1-17-5-8-22(13-18(17)2)29-12-11-26-24(29)32-14-23(31)28(4)19(3)20-6-9-21(10-7-20)30-16-25-15-27-30/h5-13,15-16,19H,14H2,1-4H3. The Morgan fingerprint density at radius 2 is 1.84 bits per heavy atom. The van der Waals surface area contributed by atoms with Crippen LogP contribution in [0.2, 0.25) is 0 Å². The first-order chi connectivity index (χ1) is 15.4. The Morgan fingerprint density at radius 1 is 1.09 bits per heavy atom. The monoisotopic (exact) mass is 446 g/mol. The number of amides is 1. The molecule has 0 aliphatic rings. The summed E-state index contributed by atoms with van der Waals surface area (Å²) in [7, 11) is 1.84. The van der Waals surface area contributed by atoms with Crippen molar-refractivity contribution in [1.29, 1.82) is 0 Å². The van der Waals surface area contributed by atoms with E-state index in [0.29, 0.717) is 5.75 Å². The fourth-order valence-corrected chi connectivity index (χ4v) is 4.28. The number of imidazole rings is 1. The van der Waals surface area contributed by atoms with E-state index >= 15 is 0 Å². The molecule has 0 saturated carbocycles. The van der Waals surface area contributed by atoms with Gasteiger partial charge in [0.25, 0.3) is 0 Å². The maximum atomic E-state index is 12.9. The van der Waals surface area contributed by atoms with Crippen LogP contribution < -0.4 is 0 Å². The molecule has 0 spiro atoms. The van der Waals surface area contributed by atoms with E-state index in [1.54, 1.807) is 22.1 Å². The Balaban J connectivity index is 1.40. The number of carbonyl (C=O) groups excluding carboxylic acids is 1. The molecule has 7 nitrogen and oxygen atoms in total. The predicted octanol–water partition coefficient (Wildman–Crippen LogP) is 4.38. The zero-order valence-corrected chi connectivity index (χ0v) is 19.5. The van der Waals surface area contributed by atoms with Gasteiger partial charge in [0.15, 0.2) is 5.16 Å². The highest BCUT2D eigenvalue weighted by Crippen LogP contribution is 2.25. The minimum absolute atomic E-state index is 0.0487. The summed E-state index contributed by atoms with van der Waals surface area (Å²) < 4.78 is 3.73. The molecular weight excluding hydrogens is 420 g/mol. The number of carbonyl (C=O) groups is 1. The molecule has 32 heavy (non-hydrogen) atoms. The highest BCUT2D eigenvalue weighted by atomic mass is 32.2. The van der Waals surface area contributed by atoms with Crippen molar-refractivity contribution in [2.75, 3.05) is 12.8 Å². The van der Waals surface area contributed by atoms with E-state index in [1.165, 1.54) is 29.2 Å². The van der Waals surface area contributed by atoms with Crippen LogP contribution in [0.1, 0.15) is 29.7 Å². The van der Waals surface area contributed by atoms with Crippen LogP contribution in [0.5, 0.6) is 0 Å². The lowest BCUT2D eigenvalue weighted by Gasteiger charge is -2.25. The first-order valence-electron chi connectivity index (χ1n) is 10.4. The third kappa shape index (κ3) is 4.60. The van der Waals surface area contributed by atoms with E-state index in [-0.39, 0.29) is 11.9 Å². The Bertz CT molecular complexity index is 1200. The summed E-state index contributed by atoms with van der Waals surface area (Å²) in [6.45, 7) is 6.23. The van der Waals surface area contributed by atoms with Crippen molar-refractivity contribution in [2.45, 2.75) is 32.0 Å². The van der Waals surface area contributed by atoms with Crippen LogP contribution in [0.4, 0.5) is 0 Å². The Labute approximate surface area is 192 Å². The van der Waals surface area contributed by atoms with Crippen molar-refractivity contribution in [2.24, 2.45) is 0 Å². The molecule has 2 heterocycles. The molecule has 8 heteroatoms.